The molecule has 26 heavy (non-hydrogen) atoms. The number of nitrogens with one attached hydrogen (secondary N) is 1. The fourth-order valence-corrected chi connectivity index (χ4v) is 2.58. The van der Waals surface area contributed by atoms with Crippen molar-refractivity contribution >= 4 is 16.7 Å². The summed E-state index contributed by atoms with van der Waals surface area (Å²) >= 11 is 0. The summed E-state index contributed by atoms with van der Waals surface area (Å²) in [6.45, 7) is 1.88. The van der Waals surface area contributed by atoms with Crippen LogP contribution in [-0.2, 0) is 7.05 Å². The van der Waals surface area contributed by atoms with Gasteiger partial charge in [0.15, 0.2) is 11.5 Å². The highest BCUT2D eigenvalue weighted by Gasteiger charge is 2.14. The van der Waals surface area contributed by atoms with Crippen molar-refractivity contribution in [2.75, 3.05) is 19.0 Å². The molecule has 0 aliphatic heterocycles. The number of aliphatic hydroxyl groups excluding tert-OH is 1. The van der Waals surface area contributed by atoms with Gasteiger partial charge in [-0.15, -0.1) is 0 Å². The van der Waals surface area contributed by atoms with Crippen LogP contribution in [0.1, 0.15) is 6.92 Å². The van der Waals surface area contributed by atoms with E-state index in [2.05, 4.69) is 15.3 Å². The molecule has 0 fully saturated rings. The predicted molar refractivity (Wildman–Crippen MR) is 98.6 cm³/mol. The Morgan fingerprint density at radius 3 is 2.81 bits per heavy atom. The lowest BCUT2D eigenvalue weighted by Crippen LogP contribution is -2.22. The lowest BCUT2D eigenvalue weighted by Gasteiger charge is -2.13. The molecule has 0 aliphatic rings. The maximum absolute atomic E-state index is 12.5. The van der Waals surface area contributed by atoms with Gasteiger partial charge in [0.05, 0.1) is 30.8 Å². The number of anilines is 1. The monoisotopic (exact) mass is 356 g/mol. The summed E-state index contributed by atoms with van der Waals surface area (Å²) in [7, 11) is 3.08. The van der Waals surface area contributed by atoms with Crippen LogP contribution < -0.4 is 15.6 Å². The number of aromatic nitrogens is 3. The zero-order valence-corrected chi connectivity index (χ0v) is 14.7. The number of aryl methyl sites for hydroxylation is 1. The number of phenolic OH excluding ortho intramolecular Hbond substituents is 1. The number of aromatic hydroxyl groups is 1. The van der Waals surface area contributed by atoms with Gasteiger partial charge in [-0.25, -0.2) is 9.97 Å². The average Bonchev–Trinajstić information content (AvgIpc) is 2.63. The molecule has 0 spiro atoms. The minimum absolute atomic E-state index is 0.0245. The zero-order chi connectivity index (χ0) is 18.8. The number of hydrogen-bond donors (Lipinski definition) is 3. The van der Waals surface area contributed by atoms with Gasteiger partial charge in [0, 0.05) is 19.2 Å². The summed E-state index contributed by atoms with van der Waals surface area (Å²) < 4.78 is 6.52. The first-order valence-electron chi connectivity index (χ1n) is 8.06. The van der Waals surface area contributed by atoms with E-state index in [9.17, 15) is 15.0 Å². The lowest BCUT2D eigenvalue weighted by molar-refractivity contribution is 0.208. The molecule has 3 N–H and O–H groups in total. The van der Waals surface area contributed by atoms with Gasteiger partial charge in [0.1, 0.15) is 11.2 Å². The van der Waals surface area contributed by atoms with Crippen molar-refractivity contribution in [3.8, 4) is 22.8 Å². The number of hydrogen-bond acceptors (Lipinski definition) is 7. The molecule has 0 saturated carbocycles. The summed E-state index contributed by atoms with van der Waals surface area (Å²) in [5.41, 5.74) is 1.51. The van der Waals surface area contributed by atoms with E-state index in [-0.39, 0.29) is 17.9 Å². The molecule has 0 aliphatic carbocycles. The SMILES string of the molecule is COc1cc(-c2cc3ncn(C)c(=O)c3c(NC[C@H](C)O)n2)ccc1O. The summed E-state index contributed by atoms with van der Waals surface area (Å²) in [6.07, 6.45) is 0.842. The van der Waals surface area contributed by atoms with E-state index in [0.29, 0.717) is 33.7 Å². The fourth-order valence-electron chi connectivity index (χ4n) is 2.58. The molecule has 2 heterocycles. The molecular formula is C18H20N4O4. The van der Waals surface area contributed by atoms with E-state index in [1.54, 1.807) is 32.2 Å². The van der Waals surface area contributed by atoms with Crippen molar-refractivity contribution < 1.29 is 14.9 Å². The fraction of sp³-hybridized carbons (Fsp3) is 0.278. The molecule has 0 bridgehead atoms. The second-order valence-electron chi connectivity index (χ2n) is 6.03. The maximum Gasteiger partial charge on any atom is 0.264 e. The molecular weight excluding hydrogens is 336 g/mol. The number of benzene rings is 1. The average molecular weight is 356 g/mol. The lowest BCUT2D eigenvalue weighted by atomic mass is 10.1. The molecule has 8 nitrogen and oxygen atoms in total. The van der Waals surface area contributed by atoms with Crippen molar-refractivity contribution in [1.82, 2.24) is 14.5 Å². The third-order valence-electron chi connectivity index (χ3n) is 3.94. The predicted octanol–water partition coefficient (Wildman–Crippen LogP) is 1.50. The van der Waals surface area contributed by atoms with Crippen LogP contribution in [0.25, 0.3) is 22.2 Å². The van der Waals surface area contributed by atoms with Gasteiger partial charge in [-0.2, -0.15) is 0 Å². The second kappa shape index (κ2) is 7.01. The van der Waals surface area contributed by atoms with E-state index >= 15 is 0 Å². The Labute approximate surface area is 149 Å². The van der Waals surface area contributed by atoms with Crippen LogP contribution >= 0.6 is 0 Å². The maximum atomic E-state index is 12.5. The molecule has 3 rings (SSSR count). The number of pyridine rings is 1. The van der Waals surface area contributed by atoms with E-state index in [1.165, 1.54) is 24.1 Å². The molecule has 8 heteroatoms. The van der Waals surface area contributed by atoms with Gasteiger partial charge in [-0.1, -0.05) is 0 Å². The number of nitrogens with zero attached hydrogens (tertiary/aromatic N) is 3. The molecule has 0 radical (unpaired) electrons. The largest absolute Gasteiger partial charge is 0.504 e. The Kier molecular flexibility index (Phi) is 4.77. The Morgan fingerprint density at radius 1 is 1.35 bits per heavy atom. The number of methoxy groups -OCH3 is 1. The van der Waals surface area contributed by atoms with Crippen molar-refractivity contribution in [1.29, 1.82) is 0 Å². The number of rotatable bonds is 5. The molecule has 0 amide bonds. The number of ether oxygens (including phenoxy) is 1. The molecule has 136 valence electrons. The van der Waals surface area contributed by atoms with Gasteiger partial charge in [-0.3, -0.25) is 4.79 Å². The van der Waals surface area contributed by atoms with Crippen LogP contribution in [0.3, 0.4) is 0 Å². The van der Waals surface area contributed by atoms with Crippen LogP contribution in [0, 0.1) is 0 Å². The van der Waals surface area contributed by atoms with Crippen molar-refractivity contribution in [2.45, 2.75) is 13.0 Å². The Balaban J connectivity index is 2.21. The first-order valence-corrected chi connectivity index (χ1v) is 8.06. The van der Waals surface area contributed by atoms with E-state index in [0.717, 1.165) is 0 Å². The highest BCUT2D eigenvalue weighted by atomic mass is 16.5. The molecule has 0 unspecified atom stereocenters. The molecule has 1 aromatic carbocycles. The summed E-state index contributed by atoms with van der Waals surface area (Å²) in [4.78, 5) is 21.4. The summed E-state index contributed by atoms with van der Waals surface area (Å²) in [5.74, 6) is 0.690. The van der Waals surface area contributed by atoms with Crippen LogP contribution in [-0.4, -0.2) is 44.5 Å². The van der Waals surface area contributed by atoms with E-state index in [1.807, 2.05) is 0 Å². The van der Waals surface area contributed by atoms with Gasteiger partial charge in [0.2, 0.25) is 0 Å². The second-order valence-corrected chi connectivity index (χ2v) is 6.03. The van der Waals surface area contributed by atoms with Crippen LogP contribution in [0.4, 0.5) is 5.82 Å². The van der Waals surface area contributed by atoms with Crippen molar-refractivity contribution in [3.05, 3.63) is 40.9 Å². The first-order chi connectivity index (χ1) is 12.4. The zero-order valence-electron chi connectivity index (χ0n) is 14.7. The minimum atomic E-state index is -0.607. The number of aliphatic hydroxyl groups is 1. The Hall–Kier alpha value is -3.13. The van der Waals surface area contributed by atoms with Crippen LogP contribution in [0.15, 0.2) is 35.4 Å². The smallest absolute Gasteiger partial charge is 0.264 e. The summed E-state index contributed by atoms with van der Waals surface area (Å²) in [6, 6.07) is 6.57. The van der Waals surface area contributed by atoms with Crippen molar-refractivity contribution in [3.63, 3.8) is 0 Å². The Bertz CT molecular complexity index is 1010. The van der Waals surface area contributed by atoms with Crippen LogP contribution in [0.5, 0.6) is 11.5 Å². The van der Waals surface area contributed by atoms with E-state index < -0.39 is 6.10 Å². The summed E-state index contributed by atoms with van der Waals surface area (Å²) in [5, 5.41) is 22.7. The highest BCUT2D eigenvalue weighted by Crippen LogP contribution is 2.32. The Morgan fingerprint density at radius 2 is 2.12 bits per heavy atom. The number of phenols is 1. The standard InChI is InChI=1S/C18H20N4O4/c1-10(23)8-19-17-16-13(20-9-22(2)18(16)25)7-12(21-17)11-4-5-14(24)15(6-11)26-3/h4-7,9-10,23-24H,8H2,1-3H3,(H,19,21)/t10-/m0/s1. The van der Waals surface area contributed by atoms with Gasteiger partial charge in [0.25, 0.3) is 5.56 Å². The van der Waals surface area contributed by atoms with Gasteiger partial charge >= 0.3 is 0 Å². The molecule has 1 atom stereocenters. The topological polar surface area (TPSA) is 110 Å². The normalized spacial score (nSPS) is 12.2. The number of fused-ring (bicyclic) bond motifs is 1. The van der Waals surface area contributed by atoms with Crippen molar-refractivity contribution in [2.24, 2.45) is 7.05 Å². The quantitative estimate of drug-likeness (QED) is 0.635. The van der Waals surface area contributed by atoms with Crippen LogP contribution in [0.2, 0.25) is 0 Å². The molecule has 0 saturated heterocycles. The highest BCUT2D eigenvalue weighted by molar-refractivity contribution is 5.91. The van der Waals surface area contributed by atoms with Gasteiger partial charge in [-0.05, 0) is 31.2 Å². The molecule has 3 aromatic rings. The molecule has 2 aromatic heterocycles. The minimum Gasteiger partial charge on any atom is -0.504 e. The van der Waals surface area contributed by atoms with E-state index in [4.69, 9.17) is 4.74 Å². The first kappa shape index (κ1) is 17.7. The third-order valence-corrected chi connectivity index (χ3v) is 3.94. The third kappa shape index (κ3) is 3.31. The van der Waals surface area contributed by atoms with Gasteiger partial charge < -0.3 is 24.8 Å².